The summed E-state index contributed by atoms with van der Waals surface area (Å²) in [5.74, 6) is 1.34. The molecular formula is C23H30N4O2. The first kappa shape index (κ1) is 20.9. The third kappa shape index (κ3) is 4.59. The van der Waals surface area contributed by atoms with Crippen molar-refractivity contribution in [2.24, 2.45) is 0 Å². The Hall–Kier alpha value is -2.86. The first-order valence-electron chi connectivity index (χ1n) is 9.95. The average Bonchev–Trinajstić information content (AvgIpc) is 3.22. The maximum absolute atomic E-state index is 12.9. The van der Waals surface area contributed by atoms with E-state index in [1.807, 2.05) is 49.6 Å². The molecule has 0 aliphatic carbocycles. The van der Waals surface area contributed by atoms with Crippen LogP contribution in [-0.2, 0) is 13.1 Å². The monoisotopic (exact) mass is 394 g/mol. The van der Waals surface area contributed by atoms with Gasteiger partial charge in [0, 0.05) is 36.6 Å². The van der Waals surface area contributed by atoms with Crippen LogP contribution in [0.5, 0.6) is 0 Å². The van der Waals surface area contributed by atoms with Gasteiger partial charge in [-0.05, 0) is 58.9 Å². The van der Waals surface area contributed by atoms with E-state index in [1.165, 1.54) is 5.56 Å². The van der Waals surface area contributed by atoms with E-state index in [9.17, 15) is 4.79 Å². The van der Waals surface area contributed by atoms with Crippen LogP contribution in [0.1, 0.15) is 52.5 Å². The van der Waals surface area contributed by atoms with E-state index in [2.05, 4.69) is 48.4 Å². The van der Waals surface area contributed by atoms with Crippen LogP contribution in [0.2, 0.25) is 0 Å². The van der Waals surface area contributed by atoms with Crippen LogP contribution in [0.3, 0.4) is 0 Å². The summed E-state index contributed by atoms with van der Waals surface area (Å²) in [5, 5.41) is 7.16. The van der Waals surface area contributed by atoms with E-state index in [0.29, 0.717) is 24.0 Å². The van der Waals surface area contributed by atoms with Crippen molar-refractivity contribution in [3.8, 4) is 5.82 Å². The number of rotatable bonds is 7. The Balaban J connectivity index is 1.76. The average molecular weight is 395 g/mol. The zero-order chi connectivity index (χ0) is 21.1. The van der Waals surface area contributed by atoms with Crippen LogP contribution < -0.4 is 5.32 Å². The molecule has 0 spiro atoms. The Kier molecular flexibility index (Phi) is 6.23. The second-order valence-corrected chi connectivity index (χ2v) is 7.88. The van der Waals surface area contributed by atoms with Gasteiger partial charge in [0.15, 0.2) is 5.82 Å². The van der Waals surface area contributed by atoms with Gasteiger partial charge >= 0.3 is 0 Å². The highest BCUT2D eigenvalue weighted by atomic mass is 16.5. The van der Waals surface area contributed by atoms with Crippen LogP contribution >= 0.6 is 0 Å². The number of aryl methyl sites for hydroxylation is 2. The molecule has 2 aromatic heterocycles. The van der Waals surface area contributed by atoms with Crippen molar-refractivity contribution in [1.29, 1.82) is 0 Å². The second kappa shape index (κ2) is 8.66. The van der Waals surface area contributed by atoms with Gasteiger partial charge in [-0.1, -0.05) is 29.4 Å². The molecule has 0 bridgehead atoms. The highest BCUT2D eigenvalue weighted by molar-refractivity contribution is 5.95. The Morgan fingerprint density at radius 1 is 1.17 bits per heavy atom. The van der Waals surface area contributed by atoms with Gasteiger partial charge in [-0.3, -0.25) is 14.3 Å². The van der Waals surface area contributed by atoms with E-state index < -0.39 is 0 Å². The zero-order valence-electron chi connectivity index (χ0n) is 18.1. The van der Waals surface area contributed by atoms with Crippen molar-refractivity contribution in [2.75, 3.05) is 7.05 Å². The molecule has 29 heavy (non-hydrogen) atoms. The van der Waals surface area contributed by atoms with Gasteiger partial charge in [-0.2, -0.15) is 0 Å². The molecule has 0 unspecified atom stereocenters. The van der Waals surface area contributed by atoms with E-state index in [0.717, 1.165) is 29.3 Å². The van der Waals surface area contributed by atoms with E-state index >= 15 is 0 Å². The van der Waals surface area contributed by atoms with Crippen molar-refractivity contribution in [2.45, 2.75) is 53.8 Å². The molecule has 0 aliphatic rings. The minimum Gasteiger partial charge on any atom is -0.360 e. The fourth-order valence-electron chi connectivity index (χ4n) is 3.41. The summed E-state index contributed by atoms with van der Waals surface area (Å²) < 4.78 is 7.13. The largest absolute Gasteiger partial charge is 0.360 e. The van der Waals surface area contributed by atoms with Crippen LogP contribution in [-0.4, -0.2) is 33.6 Å². The second-order valence-electron chi connectivity index (χ2n) is 7.88. The first-order chi connectivity index (χ1) is 13.8. The lowest BCUT2D eigenvalue weighted by atomic mass is 10.1. The Morgan fingerprint density at radius 2 is 1.86 bits per heavy atom. The van der Waals surface area contributed by atoms with Gasteiger partial charge in [0.05, 0.1) is 5.56 Å². The maximum atomic E-state index is 12.9. The smallest absolute Gasteiger partial charge is 0.253 e. The lowest BCUT2D eigenvalue weighted by molar-refractivity contribution is 0.0950. The number of nitrogens with zero attached hydrogens (tertiary/aromatic N) is 3. The molecule has 1 aromatic carbocycles. The van der Waals surface area contributed by atoms with Gasteiger partial charge in [-0.15, -0.1) is 0 Å². The van der Waals surface area contributed by atoms with Crippen LogP contribution in [0.25, 0.3) is 5.82 Å². The first-order valence-corrected chi connectivity index (χ1v) is 9.95. The normalized spacial score (nSPS) is 11.4. The summed E-state index contributed by atoms with van der Waals surface area (Å²) in [6.07, 6.45) is 0. The number of nitrogens with one attached hydrogen (secondary N) is 1. The van der Waals surface area contributed by atoms with Crippen LogP contribution in [0.15, 0.2) is 40.9 Å². The predicted molar refractivity (Wildman–Crippen MR) is 114 cm³/mol. The molecule has 3 aromatic rings. The number of benzene rings is 1. The summed E-state index contributed by atoms with van der Waals surface area (Å²) in [4.78, 5) is 15.2. The van der Waals surface area contributed by atoms with Gasteiger partial charge < -0.3 is 9.84 Å². The Labute approximate surface area is 172 Å². The van der Waals surface area contributed by atoms with Crippen molar-refractivity contribution >= 4 is 5.91 Å². The van der Waals surface area contributed by atoms with Crippen LogP contribution in [0, 0.1) is 20.8 Å². The fourth-order valence-corrected chi connectivity index (χ4v) is 3.41. The highest BCUT2D eigenvalue weighted by Crippen LogP contribution is 2.21. The van der Waals surface area contributed by atoms with Gasteiger partial charge in [0.25, 0.3) is 5.91 Å². The van der Waals surface area contributed by atoms with E-state index in [1.54, 1.807) is 0 Å². The molecule has 0 fully saturated rings. The van der Waals surface area contributed by atoms with Crippen molar-refractivity contribution < 1.29 is 9.32 Å². The molecule has 6 heteroatoms. The quantitative estimate of drug-likeness (QED) is 0.654. The van der Waals surface area contributed by atoms with E-state index in [4.69, 9.17) is 4.52 Å². The molecule has 1 amide bonds. The third-order valence-electron chi connectivity index (χ3n) is 5.38. The molecule has 3 rings (SSSR count). The molecule has 0 saturated heterocycles. The molecule has 1 N–H and O–H groups in total. The molecule has 154 valence electrons. The Bertz CT molecular complexity index is 1000. The lowest BCUT2D eigenvalue weighted by Gasteiger charge is -2.22. The topological polar surface area (TPSA) is 63.3 Å². The molecule has 0 aliphatic heterocycles. The van der Waals surface area contributed by atoms with Crippen LogP contribution in [0.4, 0.5) is 0 Å². The van der Waals surface area contributed by atoms with Crippen molar-refractivity contribution in [1.82, 2.24) is 19.9 Å². The van der Waals surface area contributed by atoms with Gasteiger partial charge in [-0.25, -0.2) is 0 Å². The fraction of sp³-hybridized carbons (Fsp3) is 0.391. The summed E-state index contributed by atoms with van der Waals surface area (Å²) in [7, 11) is 2.11. The number of hydrogen-bond acceptors (Lipinski definition) is 4. The standard InChI is InChI=1S/C23H30N4O2/c1-15(2)26(6)14-20-10-8-7-9-19(20)13-24-23(28)21-11-16(3)27(18(21)5)22-12-17(4)29-25-22/h7-12,15H,13-14H2,1-6H3,(H,24,28). The van der Waals surface area contributed by atoms with Crippen molar-refractivity contribution in [3.63, 3.8) is 0 Å². The minimum absolute atomic E-state index is 0.0865. The van der Waals surface area contributed by atoms with Crippen molar-refractivity contribution in [3.05, 3.63) is 70.2 Å². The number of hydrogen-bond donors (Lipinski definition) is 1. The summed E-state index contributed by atoms with van der Waals surface area (Å²) >= 11 is 0. The lowest BCUT2D eigenvalue weighted by Crippen LogP contribution is -2.28. The number of amides is 1. The minimum atomic E-state index is -0.0865. The number of aromatic nitrogens is 2. The van der Waals surface area contributed by atoms with E-state index in [-0.39, 0.29) is 5.91 Å². The third-order valence-corrected chi connectivity index (χ3v) is 5.38. The summed E-state index contributed by atoms with van der Waals surface area (Å²) in [6, 6.07) is 12.5. The maximum Gasteiger partial charge on any atom is 0.253 e. The molecule has 0 atom stereocenters. The zero-order valence-corrected chi connectivity index (χ0v) is 18.1. The molecular weight excluding hydrogens is 364 g/mol. The summed E-state index contributed by atoms with van der Waals surface area (Å²) in [6.45, 7) is 11.4. The Morgan fingerprint density at radius 3 is 2.48 bits per heavy atom. The molecule has 2 heterocycles. The SMILES string of the molecule is Cc1cc(-n2c(C)cc(C(=O)NCc3ccccc3CN(C)C(C)C)c2C)no1. The number of carbonyl (C=O) groups excluding carboxylic acids is 1. The highest BCUT2D eigenvalue weighted by Gasteiger charge is 2.18. The van der Waals surface area contributed by atoms with Gasteiger partial charge in [0.1, 0.15) is 5.76 Å². The number of carbonyl (C=O) groups is 1. The molecule has 6 nitrogen and oxygen atoms in total. The molecule has 0 saturated carbocycles. The predicted octanol–water partition coefficient (Wildman–Crippen LogP) is 4.16. The molecule has 0 radical (unpaired) electrons. The van der Waals surface area contributed by atoms with Gasteiger partial charge in [0.2, 0.25) is 0 Å². The summed E-state index contributed by atoms with van der Waals surface area (Å²) in [5.41, 5.74) is 4.81.